The molecule has 1 N–H and O–H groups in total. The Hall–Kier alpha value is -1.07. The van der Waals surface area contributed by atoms with Crippen LogP contribution in [-0.2, 0) is 9.84 Å². The molecule has 0 saturated carbocycles. The molecule has 2 aliphatic heterocycles. The van der Waals surface area contributed by atoms with Gasteiger partial charge in [0.25, 0.3) is 0 Å². The van der Waals surface area contributed by atoms with E-state index in [2.05, 4.69) is 22.3 Å². The van der Waals surface area contributed by atoms with Crippen molar-refractivity contribution in [3.63, 3.8) is 0 Å². The van der Waals surface area contributed by atoms with Crippen molar-refractivity contribution in [3.8, 4) is 0 Å². The molecule has 21 heavy (non-hydrogen) atoms. The van der Waals surface area contributed by atoms with Crippen molar-refractivity contribution in [2.24, 2.45) is 5.92 Å². The van der Waals surface area contributed by atoms with E-state index in [1.807, 2.05) is 18.2 Å². The molecule has 0 radical (unpaired) electrons. The minimum absolute atomic E-state index is 0.338. The van der Waals surface area contributed by atoms with E-state index in [1.54, 1.807) is 0 Å². The van der Waals surface area contributed by atoms with E-state index in [-0.39, 0.29) is 0 Å². The Morgan fingerprint density at radius 2 is 2.00 bits per heavy atom. The molecule has 2 fully saturated rings. The first-order valence-electron chi connectivity index (χ1n) is 7.85. The highest BCUT2D eigenvalue weighted by molar-refractivity contribution is 7.91. The number of hydrogen-bond donors (Lipinski definition) is 1. The first-order valence-corrected chi connectivity index (χ1v) is 9.67. The lowest BCUT2D eigenvalue weighted by Gasteiger charge is -2.35. The van der Waals surface area contributed by atoms with Crippen molar-refractivity contribution in [1.82, 2.24) is 4.90 Å². The van der Waals surface area contributed by atoms with Crippen LogP contribution in [0.1, 0.15) is 19.3 Å². The summed E-state index contributed by atoms with van der Waals surface area (Å²) in [5.41, 5.74) is 1.17. The number of piperidine rings is 1. The van der Waals surface area contributed by atoms with Gasteiger partial charge in [0.05, 0.1) is 11.5 Å². The summed E-state index contributed by atoms with van der Waals surface area (Å²) in [6.07, 6.45) is 3.22. The maximum absolute atomic E-state index is 11.6. The van der Waals surface area contributed by atoms with E-state index in [0.717, 1.165) is 26.1 Å². The van der Waals surface area contributed by atoms with Crippen LogP contribution < -0.4 is 5.32 Å². The van der Waals surface area contributed by atoms with Crippen LogP contribution in [0.5, 0.6) is 0 Å². The lowest BCUT2D eigenvalue weighted by atomic mass is 10.0. The fraction of sp³-hybridized carbons (Fsp3) is 0.625. The Morgan fingerprint density at radius 3 is 2.71 bits per heavy atom. The molecule has 0 spiro atoms. The summed E-state index contributed by atoms with van der Waals surface area (Å²) in [5, 5.41) is 3.59. The van der Waals surface area contributed by atoms with Gasteiger partial charge in [-0.15, -0.1) is 0 Å². The molecule has 2 heterocycles. The fourth-order valence-corrected chi connectivity index (χ4v) is 5.34. The van der Waals surface area contributed by atoms with Crippen molar-refractivity contribution < 1.29 is 8.42 Å². The lowest BCUT2D eigenvalue weighted by Crippen LogP contribution is -2.44. The molecule has 0 aromatic heterocycles. The molecular weight excluding hydrogens is 284 g/mol. The highest BCUT2D eigenvalue weighted by Crippen LogP contribution is 2.22. The number of nitrogens with zero attached hydrogens (tertiary/aromatic N) is 1. The second-order valence-corrected chi connectivity index (χ2v) is 8.61. The Bertz CT molecular complexity index is 559. The summed E-state index contributed by atoms with van der Waals surface area (Å²) in [4.78, 5) is 2.44. The first kappa shape index (κ1) is 14.9. The van der Waals surface area contributed by atoms with Crippen LogP contribution in [0.3, 0.4) is 0 Å². The normalized spacial score (nSPS) is 29.3. The number of sulfone groups is 1. The number of hydrogen-bond acceptors (Lipinski definition) is 4. The topological polar surface area (TPSA) is 49.4 Å². The molecule has 2 aliphatic rings. The van der Waals surface area contributed by atoms with Crippen molar-refractivity contribution in [2.75, 3.05) is 36.5 Å². The molecule has 0 bridgehead atoms. The van der Waals surface area contributed by atoms with Gasteiger partial charge in [0.1, 0.15) is 0 Å². The summed E-state index contributed by atoms with van der Waals surface area (Å²) in [5.74, 6) is 1.11. The Balaban J connectivity index is 1.52. The smallest absolute Gasteiger partial charge is 0.150 e. The van der Waals surface area contributed by atoms with Gasteiger partial charge in [-0.1, -0.05) is 18.2 Å². The van der Waals surface area contributed by atoms with E-state index in [4.69, 9.17) is 0 Å². The van der Waals surface area contributed by atoms with Gasteiger partial charge in [-0.2, -0.15) is 0 Å². The van der Waals surface area contributed by atoms with Gasteiger partial charge in [0, 0.05) is 24.8 Å². The number of likely N-dealkylation sites (tertiary alicyclic amines) is 1. The molecule has 4 nitrogen and oxygen atoms in total. The van der Waals surface area contributed by atoms with Crippen LogP contribution in [0.4, 0.5) is 5.69 Å². The summed E-state index contributed by atoms with van der Waals surface area (Å²) in [6, 6.07) is 10.8. The summed E-state index contributed by atoms with van der Waals surface area (Å²) < 4.78 is 23.1. The number of anilines is 1. The summed E-state index contributed by atoms with van der Waals surface area (Å²) >= 11 is 0. The first-order chi connectivity index (χ1) is 10.1. The van der Waals surface area contributed by atoms with E-state index < -0.39 is 9.84 Å². The maximum Gasteiger partial charge on any atom is 0.150 e. The van der Waals surface area contributed by atoms with Crippen molar-refractivity contribution in [2.45, 2.75) is 25.3 Å². The van der Waals surface area contributed by atoms with Gasteiger partial charge < -0.3 is 10.2 Å². The third kappa shape index (κ3) is 4.20. The highest BCUT2D eigenvalue weighted by atomic mass is 32.2. The quantitative estimate of drug-likeness (QED) is 0.924. The lowest BCUT2D eigenvalue weighted by molar-refractivity contribution is 0.192. The van der Waals surface area contributed by atoms with Crippen LogP contribution >= 0.6 is 0 Å². The Labute approximate surface area is 127 Å². The minimum atomic E-state index is -2.75. The predicted octanol–water partition coefficient (Wildman–Crippen LogP) is 2.00. The molecule has 116 valence electrons. The molecule has 3 rings (SSSR count). The van der Waals surface area contributed by atoms with Crippen LogP contribution in [-0.4, -0.2) is 50.5 Å². The van der Waals surface area contributed by atoms with Gasteiger partial charge in [0.15, 0.2) is 9.84 Å². The SMILES string of the molecule is O=S1(=O)CC[C@H](CN2CCC[C@@H](Nc3ccccc3)C2)C1. The average molecular weight is 308 g/mol. The number of nitrogens with one attached hydrogen (secondary N) is 1. The Morgan fingerprint density at radius 1 is 1.19 bits per heavy atom. The third-order valence-electron chi connectivity index (χ3n) is 4.49. The zero-order chi connectivity index (χ0) is 14.7. The predicted molar refractivity (Wildman–Crippen MR) is 86.3 cm³/mol. The standard InChI is InChI=1S/C16H24N2O2S/c19-21(20)10-8-14(13-21)11-18-9-4-7-16(12-18)17-15-5-2-1-3-6-15/h1-3,5-6,14,16-17H,4,7-13H2/t14-,16-/m1/s1. The molecule has 1 aromatic carbocycles. The van der Waals surface area contributed by atoms with Gasteiger partial charge in [-0.25, -0.2) is 8.42 Å². The molecule has 5 heteroatoms. The molecule has 2 saturated heterocycles. The summed E-state index contributed by atoms with van der Waals surface area (Å²) in [7, 11) is -2.75. The average Bonchev–Trinajstić information content (AvgIpc) is 2.79. The molecule has 0 amide bonds. The van der Waals surface area contributed by atoms with Crippen LogP contribution in [0.25, 0.3) is 0 Å². The Kier molecular flexibility index (Phi) is 4.50. The second-order valence-electron chi connectivity index (χ2n) is 6.38. The van der Waals surface area contributed by atoms with Gasteiger partial charge in [-0.3, -0.25) is 0 Å². The molecule has 0 aliphatic carbocycles. The third-order valence-corrected chi connectivity index (χ3v) is 6.33. The molecule has 0 unspecified atom stereocenters. The van der Waals surface area contributed by atoms with Crippen molar-refractivity contribution in [3.05, 3.63) is 30.3 Å². The van der Waals surface area contributed by atoms with Crippen LogP contribution in [0, 0.1) is 5.92 Å². The van der Waals surface area contributed by atoms with E-state index in [9.17, 15) is 8.42 Å². The van der Waals surface area contributed by atoms with Gasteiger partial charge >= 0.3 is 0 Å². The number of para-hydroxylation sites is 1. The van der Waals surface area contributed by atoms with Crippen molar-refractivity contribution in [1.29, 1.82) is 0 Å². The second kappa shape index (κ2) is 6.36. The van der Waals surface area contributed by atoms with Gasteiger partial charge in [0.2, 0.25) is 0 Å². The zero-order valence-electron chi connectivity index (χ0n) is 12.4. The minimum Gasteiger partial charge on any atom is -0.381 e. The maximum atomic E-state index is 11.6. The largest absolute Gasteiger partial charge is 0.381 e. The van der Waals surface area contributed by atoms with Crippen LogP contribution in [0.2, 0.25) is 0 Å². The molecule has 1 aromatic rings. The zero-order valence-corrected chi connectivity index (χ0v) is 13.2. The fourth-order valence-electron chi connectivity index (χ4n) is 3.49. The van der Waals surface area contributed by atoms with E-state index in [0.29, 0.717) is 23.5 Å². The highest BCUT2D eigenvalue weighted by Gasteiger charge is 2.30. The number of benzene rings is 1. The molecular formula is C16H24N2O2S. The monoisotopic (exact) mass is 308 g/mol. The van der Waals surface area contributed by atoms with E-state index >= 15 is 0 Å². The van der Waals surface area contributed by atoms with Crippen LogP contribution in [0.15, 0.2) is 30.3 Å². The molecule has 2 atom stereocenters. The number of rotatable bonds is 4. The van der Waals surface area contributed by atoms with E-state index in [1.165, 1.54) is 18.5 Å². The van der Waals surface area contributed by atoms with Crippen molar-refractivity contribution >= 4 is 15.5 Å². The summed E-state index contributed by atoms with van der Waals surface area (Å²) in [6.45, 7) is 3.06. The van der Waals surface area contributed by atoms with Gasteiger partial charge in [-0.05, 0) is 43.9 Å².